The molecule has 0 amide bonds. The summed E-state index contributed by atoms with van der Waals surface area (Å²) in [4.78, 5) is 4.64. The number of thioether (sulfide) groups is 1. The smallest absolute Gasteiger partial charge is 0.154 e. The molecular weight excluding hydrogens is 356 g/mol. The fourth-order valence-electron chi connectivity index (χ4n) is 2.67. The van der Waals surface area contributed by atoms with E-state index in [-0.39, 0.29) is 5.54 Å². The number of hydrogen-bond acceptors (Lipinski definition) is 5. The molecule has 0 fully saturated rings. The van der Waals surface area contributed by atoms with E-state index in [1.807, 2.05) is 30.3 Å². The zero-order valence-corrected chi connectivity index (χ0v) is 15.6. The van der Waals surface area contributed by atoms with Crippen molar-refractivity contribution in [3.8, 4) is 11.5 Å². The number of amidine groups is 1. The van der Waals surface area contributed by atoms with Gasteiger partial charge in [0.05, 0.1) is 5.54 Å². The minimum Gasteiger partial charge on any atom is -0.490 e. The van der Waals surface area contributed by atoms with Crippen molar-refractivity contribution in [2.45, 2.75) is 18.9 Å². The SMILES string of the molecule is CC1(c2cccc(OCCOc3ccc(Cl)cc3)c2)CCSC(N)=N1. The maximum absolute atomic E-state index is 5.91. The highest BCUT2D eigenvalue weighted by atomic mass is 35.5. The second kappa shape index (κ2) is 8.02. The van der Waals surface area contributed by atoms with E-state index >= 15 is 0 Å². The molecule has 2 aromatic carbocycles. The predicted octanol–water partition coefficient (Wildman–Crippen LogP) is 4.46. The number of rotatable bonds is 6. The molecule has 25 heavy (non-hydrogen) atoms. The molecule has 1 atom stereocenters. The summed E-state index contributed by atoms with van der Waals surface area (Å²) in [6.07, 6.45) is 0.960. The summed E-state index contributed by atoms with van der Waals surface area (Å²) >= 11 is 7.46. The van der Waals surface area contributed by atoms with Crippen LogP contribution in [0.5, 0.6) is 11.5 Å². The van der Waals surface area contributed by atoms with Crippen LogP contribution in [0.1, 0.15) is 18.9 Å². The molecule has 0 saturated carbocycles. The zero-order valence-electron chi connectivity index (χ0n) is 14.1. The van der Waals surface area contributed by atoms with Crippen molar-refractivity contribution in [3.05, 3.63) is 59.1 Å². The molecule has 0 spiro atoms. The molecule has 6 heteroatoms. The monoisotopic (exact) mass is 376 g/mol. The molecule has 2 N–H and O–H groups in total. The van der Waals surface area contributed by atoms with Gasteiger partial charge in [-0.25, -0.2) is 0 Å². The number of halogens is 1. The second-order valence-electron chi connectivity index (χ2n) is 6.00. The van der Waals surface area contributed by atoms with Crippen LogP contribution in [0, 0.1) is 0 Å². The van der Waals surface area contributed by atoms with Gasteiger partial charge < -0.3 is 15.2 Å². The van der Waals surface area contributed by atoms with Gasteiger partial charge in [-0.1, -0.05) is 35.5 Å². The number of aliphatic imine (C=N–C) groups is 1. The van der Waals surface area contributed by atoms with Gasteiger partial charge in [0.25, 0.3) is 0 Å². The van der Waals surface area contributed by atoms with Crippen LogP contribution in [0.4, 0.5) is 0 Å². The van der Waals surface area contributed by atoms with Crippen LogP contribution >= 0.6 is 23.4 Å². The van der Waals surface area contributed by atoms with Crippen molar-refractivity contribution in [1.82, 2.24) is 0 Å². The average Bonchev–Trinajstić information content (AvgIpc) is 2.60. The molecule has 2 aromatic rings. The van der Waals surface area contributed by atoms with Crippen LogP contribution in [0.2, 0.25) is 5.02 Å². The Balaban J connectivity index is 1.57. The molecule has 1 heterocycles. The molecule has 1 aliphatic heterocycles. The lowest BCUT2D eigenvalue weighted by atomic mass is 9.90. The van der Waals surface area contributed by atoms with E-state index in [4.69, 9.17) is 26.8 Å². The van der Waals surface area contributed by atoms with Crippen LogP contribution in [0.25, 0.3) is 0 Å². The van der Waals surface area contributed by atoms with Gasteiger partial charge >= 0.3 is 0 Å². The molecule has 0 aliphatic carbocycles. The first-order valence-corrected chi connectivity index (χ1v) is 9.51. The van der Waals surface area contributed by atoms with Crippen molar-refractivity contribution in [2.24, 2.45) is 10.7 Å². The summed E-state index contributed by atoms with van der Waals surface area (Å²) in [6.45, 7) is 3.04. The van der Waals surface area contributed by atoms with Crippen LogP contribution in [0.3, 0.4) is 0 Å². The number of nitrogens with two attached hydrogens (primary N) is 1. The molecule has 0 saturated heterocycles. The molecule has 0 aromatic heterocycles. The summed E-state index contributed by atoms with van der Waals surface area (Å²) in [5.41, 5.74) is 6.74. The minimum absolute atomic E-state index is 0.283. The van der Waals surface area contributed by atoms with Crippen molar-refractivity contribution in [2.75, 3.05) is 19.0 Å². The third-order valence-electron chi connectivity index (χ3n) is 4.09. The Bertz CT molecular complexity index is 751. The lowest BCUT2D eigenvalue weighted by Gasteiger charge is -2.30. The Kier molecular flexibility index (Phi) is 5.76. The number of benzene rings is 2. The number of ether oxygens (including phenoxy) is 2. The Morgan fingerprint density at radius 3 is 2.56 bits per heavy atom. The van der Waals surface area contributed by atoms with Crippen molar-refractivity contribution < 1.29 is 9.47 Å². The maximum atomic E-state index is 5.91. The highest BCUT2D eigenvalue weighted by Gasteiger charge is 2.29. The van der Waals surface area contributed by atoms with Gasteiger partial charge in [0.15, 0.2) is 5.17 Å². The van der Waals surface area contributed by atoms with Crippen molar-refractivity contribution >= 4 is 28.5 Å². The molecule has 0 bridgehead atoms. The van der Waals surface area contributed by atoms with Crippen LogP contribution < -0.4 is 15.2 Å². The van der Waals surface area contributed by atoms with Gasteiger partial charge in [-0.3, -0.25) is 4.99 Å². The highest BCUT2D eigenvalue weighted by molar-refractivity contribution is 8.13. The summed E-state index contributed by atoms with van der Waals surface area (Å²) in [5.74, 6) is 2.57. The Labute approximate surface area is 157 Å². The van der Waals surface area contributed by atoms with E-state index < -0.39 is 0 Å². The normalized spacial score (nSPS) is 20.0. The predicted molar refractivity (Wildman–Crippen MR) is 105 cm³/mol. The van der Waals surface area contributed by atoms with Gasteiger partial charge in [0.1, 0.15) is 24.7 Å². The summed E-state index contributed by atoms with van der Waals surface area (Å²) in [5, 5.41) is 1.34. The first-order chi connectivity index (χ1) is 12.0. The molecular formula is C19H21ClN2O2S. The third-order valence-corrected chi connectivity index (χ3v) is 5.13. The summed E-state index contributed by atoms with van der Waals surface area (Å²) in [6, 6.07) is 15.3. The minimum atomic E-state index is -0.283. The summed E-state index contributed by atoms with van der Waals surface area (Å²) in [7, 11) is 0. The molecule has 132 valence electrons. The second-order valence-corrected chi connectivity index (χ2v) is 7.55. The van der Waals surface area contributed by atoms with Crippen molar-refractivity contribution in [3.63, 3.8) is 0 Å². The van der Waals surface area contributed by atoms with Crippen molar-refractivity contribution in [1.29, 1.82) is 0 Å². The van der Waals surface area contributed by atoms with E-state index in [2.05, 4.69) is 18.0 Å². The standard InChI is InChI=1S/C19H21ClN2O2S/c1-19(9-12-25-18(21)22-19)14-3-2-4-17(13-14)24-11-10-23-16-7-5-15(20)6-8-16/h2-8,13H,9-12H2,1H3,(H2,21,22). The zero-order chi connectivity index (χ0) is 17.7. The van der Waals surface area contributed by atoms with E-state index in [9.17, 15) is 0 Å². The Hall–Kier alpha value is -1.85. The fraction of sp³-hybridized carbons (Fsp3) is 0.316. The van der Waals surface area contributed by atoms with Gasteiger partial charge in [-0.05, 0) is 55.3 Å². The van der Waals surface area contributed by atoms with Gasteiger partial charge in [-0.2, -0.15) is 0 Å². The van der Waals surface area contributed by atoms with Gasteiger partial charge in [-0.15, -0.1) is 0 Å². The van der Waals surface area contributed by atoms with Crippen LogP contribution in [-0.4, -0.2) is 24.1 Å². The van der Waals surface area contributed by atoms with Crippen LogP contribution in [-0.2, 0) is 5.54 Å². The summed E-state index contributed by atoms with van der Waals surface area (Å²) < 4.78 is 11.5. The quantitative estimate of drug-likeness (QED) is 0.756. The van der Waals surface area contributed by atoms with E-state index in [0.29, 0.717) is 23.4 Å². The number of nitrogens with zero attached hydrogens (tertiary/aromatic N) is 1. The van der Waals surface area contributed by atoms with E-state index in [1.54, 1.807) is 23.9 Å². The largest absolute Gasteiger partial charge is 0.490 e. The fourth-order valence-corrected chi connectivity index (χ4v) is 3.77. The highest BCUT2D eigenvalue weighted by Crippen LogP contribution is 2.36. The van der Waals surface area contributed by atoms with E-state index in [1.165, 1.54) is 0 Å². The Morgan fingerprint density at radius 1 is 1.12 bits per heavy atom. The first kappa shape index (κ1) is 18.0. The first-order valence-electron chi connectivity index (χ1n) is 8.15. The lowest BCUT2D eigenvalue weighted by Crippen LogP contribution is -2.28. The average molecular weight is 377 g/mol. The van der Waals surface area contributed by atoms with Gasteiger partial charge in [0.2, 0.25) is 0 Å². The van der Waals surface area contributed by atoms with Gasteiger partial charge in [0, 0.05) is 10.8 Å². The lowest BCUT2D eigenvalue weighted by molar-refractivity contribution is 0.217. The number of hydrogen-bond donors (Lipinski definition) is 1. The molecule has 4 nitrogen and oxygen atoms in total. The third kappa shape index (κ3) is 4.83. The molecule has 0 radical (unpaired) electrons. The topological polar surface area (TPSA) is 56.8 Å². The maximum Gasteiger partial charge on any atom is 0.154 e. The molecule has 1 unspecified atom stereocenters. The van der Waals surface area contributed by atoms with E-state index in [0.717, 1.165) is 29.2 Å². The van der Waals surface area contributed by atoms with Crippen LogP contribution in [0.15, 0.2) is 53.5 Å². The molecule has 3 rings (SSSR count). The Morgan fingerprint density at radius 2 is 1.84 bits per heavy atom. The molecule has 1 aliphatic rings.